The van der Waals surface area contributed by atoms with Gasteiger partial charge < -0.3 is 10.0 Å². The fourth-order valence-corrected chi connectivity index (χ4v) is 3.65. The van der Waals surface area contributed by atoms with Crippen molar-refractivity contribution in [1.29, 1.82) is 0 Å². The zero-order chi connectivity index (χ0) is 18.3. The van der Waals surface area contributed by atoms with Gasteiger partial charge in [0.1, 0.15) is 18.7 Å². The summed E-state index contributed by atoms with van der Waals surface area (Å²) in [5, 5.41) is 10.1. The van der Waals surface area contributed by atoms with Crippen LogP contribution in [0.15, 0.2) is 41.8 Å². The second-order valence-corrected chi connectivity index (χ2v) is 6.67. The van der Waals surface area contributed by atoms with E-state index < -0.39 is 6.10 Å². The lowest BCUT2D eigenvalue weighted by atomic mass is 9.90. The third kappa shape index (κ3) is 2.76. The maximum Gasteiger partial charge on any atom is 0.248 e. The Hall–Kier alpha value is -2.73. The molecule has 0 spiro atoms. The van der Waals surface area contributed by atoms with E-state index in [4.69, 9.17) is 0 Å². The second kappa shape index (κ2) is 6.53. The first-order valence-corrected chi connectivity index (χ1v) is 8.98. The number of fused-ring (bicyclic) bond motifs is 3. The molecule has 1 amide bonds. The predicted molar refractivity (Wildman–Crippen MR) is 99.8 cm³/mol. The van der Waals surface area contributed by atoms with Gasteiger partial charge in [0, 0.05) is 24.4 Å². The number of rotatable bonds is 2. The summed E-state index contributed by atoms with van der Waals surface area (Å²) in [7, 11) is 0. The van der Waals surface area contributed by atoms with E-state index in [1.165, 1.54) is 0 Å². The Morgan fingerprint density at radius 1 is 1.35 bits per heavy atom. The third-order valence-corrected chi connectivity index (χ3v) is 5.02. The monoisotopic (exact) mass is 350 g/mol. The number of allylic oxidation sites excluding steroid dienone is 1. The van der Waals surface area contributed by atoms with Gasteiger partial charge in [0.25, 0.3) is 0 Å². The summed E-state index contributed by atoms with van der Waals surface area (Å²) >= 11 is 0. The van der Waals surface area contributed by atoms with E-state index in [1.54, 1.807) is 13.3 Å². The number of nitrogens with zero attached hydrogens (tertiary/aromatic N) is 4. The lowest BCUT2D eigenvalue weighted by Gasteiger charge is -2.32. The summed E-state index contributed by atoms with van der Waals surface area (Å²) in [5.74, 6) is 0.702. The molecule has 1 aromatic carbocycles. The molecule has 26 heavy (non-hydrogen) atoms. The van der Waals surface area contributed by atoms with Crippen molar-refractivity contribution >= 4 is 17.4 Å². The minimum absolute atomic E-state index is 0.00446. The van der Waals surface area contributed by atoms with Crippen molar-refractivity contribution in [3.05, 3.63) is 59.2 Å². The Morgan fingerprint density at radius 3 is 2.92 bits per heavy atom. The molecule has 2 aliphatic rings. The number of aliphatic hydroxyl groups excluding tert-OH is 1. The number of aliphatic imine (C=N–C) groups is 1. The first kappa shape index (κ1) is 16.7. The van der Waals surface area contributed by atoms with Gasteiger partial charge in [-0.3, -0.25) is 14.4 Å². The molecule has 1 atom stereocenters. The van der Waals surface area contributed by atoms with Gasteiger partial charge in [-0.2, -0.15) is 0 Å². The lowest BCUT2D eigenvalue weighted by molar-refractivity contribution is -0.126. The number of aryl methyl sites for hydroxylation is 1. The Labute approximate surface area is 152 Å². The van der Waals surface area contributed by atoms with E-state index in [0.717, 1.165) is 40.9 Å². The summed E-state index contributed by atoms with van der Waals surface area (Å²) in [6, 6.07) is 5.90. The van der Waals surface area contributed by atoms with Crippen molar-refractivity contribution in [1.82, 2.24) is 14.5 Å². The zero-order valence-electron chi connectivity index (χ0n) is 15.0. The molecule has 2 aromatic rings. The Kier molecular flexibility index (Phi) is 4.20. The molecule has 0 bridgehead atoms. The van der Waals surface area contributed by atoms with E-state index in [-0.39, 0.29) is 12.5 Å². The van der Waals surface area contributed by atoms with E-state index in [1.807, 2.05) is 39.9 Å². The predicted octanol–water partition coefficient (Wildman–Crippen LogP) is 2.18. The molecule has 0 radical (unpaired) electrons. The van der Waals surface area contributed by atoms with Gasteiger partial charge in [0.15, 0.2) is 0 Å². The first-order valence-electron chi connectivity index (χ1n) is 8.98. The average molecular weight is 350 g/mol. The van der Waals surface area contributed by atoms with Crippen LogP contribution in [-0.4, -0.2) is 44.4 Å². The van der Waals surface area contributed by atoms with E-state index in [0.29, 0.717) is 12.4 Å². The van der Waals surface area contributed by atoms with Crippen LogP contribution in [0.2, 0.25) is 0 Å². The number of hydrogen-bond donors (Lipinski definition) is 1. The van der Waals surface area contributed by atoms with Crippen LogP contribution < -0.4 is 0 Å². The number of carbonyl (C=O) groups excluding carboxylic acids is 1. The standard InChI is InChI=1S/C20H22N4O2/c1-3-14-11-23(12-22-14)19-9-18-17-6-4-5-15(13(2)25)16(17)7-8-24(18)20(26)10-21-19/h4-6,9,11-13,25H,3,7-8,10H2,1-2H3/t13-/m1/s1. The van der Waals surface area contributed by atoms with Gasteiger partial charge in [-0.05, 0) is 30.9 Å². The highest BCUT2D eigenvalue weighted by Crippen LogP contribution is 2.34. The SMILES string of the molecule is CCc1cn(C2=NCC(=O)N3CCc4c(cccc4[C@@H](C)O)C3=C2)cn1. The number of imidazole rings is 1. The maximum absolute atomic E-state index is 12.6. The number of aliphatic hydroxyl groups is 1. The number of carbonyl (C=O) groups is 1. The van der Waals surface area contributed by atoms with Crippen LogP contribution in [0, 0.1) is 0 Å². The molecular weight excluding hydrogens is 328 g/mol. The fraction of sp³-hybridized carbons (Fsp3) is 0.350. The minimum Gasteiger partial charge on any atom is -0.389 e. The van der Waals surface area contributed by atoms with Crippen LogP contribution in [-0.2, 0) is 17.6 Å². The highest BCUT2D eigenvalue weighted by Gasteiger charge is 2.29. The topological polar surface area (TPSA) is 70.7 Å². The molecule has 3 heterocycles. The number of hydrogen-bond acceptors (Lipinski definition) is 4. The largest absolute Gasteiger partial charge is 0.389 e. The molecule has 1 aromatic heterocycles. The summed E-state index contributed by atoms with van der Waals surface area (Å²) in [5.41, 5.74) is 4.86. The van der Waals surface area contributed by atoms with E-state index in [2.05, 4.69) is 16.9 Å². The Balaban J connectivity index is 1.84. The van der Waals surface area contributed by atoms with Gasteiger partial charge in [-0.15, -0.1) is 0 Å². The molecule has 0 saturated carbocycles. The molecular formula is C20H22N4O2. The van der Waals surface area contributed by atoms with Crippen molar-refractivity contribution in [2.75, 3.05) is 13.1 Å². The zero-order valence-corrected chi connectivity index (χ0v) is 15.0. The minimum atomic E-state index is -0.535. The molecule has 0 aliphatic carbocycles. The summed E-state index contributed by atoms with van der Waals surface area (Å²) < 4.78 is 1.87. The van der Waals surface area contributed by atoms with Crippen LogP contribution in [0.1, 0.15) is 42.3 Å². The molecule has 0 unspecified atom stereocenters. The highest BCUT2D eigenvalue weighted by molar-refractivity contribution is 6.06. The summed E-state index contributed by atoms with van der Waals surface area (Å²) in [6.07, 6.45) is 6.70. The van der Waals surface area contributed by atoms with Crippen LogP contribution >= 0.6 is 0 Å². The van der Waals surface area contributed by atoms with Crippen molar-refractivity contribution < 1.29 is 9.90 Å². The van der Waals surface area contributed by atoms with Gasteiger partial charge in [-0.25, -0.2) is 4.98 Å². The van der Waals surface area contributed by atoms with Gasteiger partial charge >= 0.3 is 0 Å². The fourth-order valence-electron chi connectivity index (χ4n) is 3.65. The molecule has 0 saturated heterocycles. The third-order valence-electron chi connectivity index (χ3n) is 5.02. The molecule has 134 valence electrons. The normalized spacial score (nSPS) is 17.8. The van der Waals surface area contributed by atoms with Crippen LogP contribution in [0.25, 0.3) is 5.70 Å². The van der Waals surface area contributed by atoms with Crippen LogP contribution in [0.5, 0.6) is 0 Å². The number of aromatic nitrogens is 2. The molecule has 6 nitrogen and oxygen atoms in total. The van der Waals surface area contributed by atoms with Crippen LogP contribution in [0.3, 0.4) is 0 Å². The molecule has 1 N–H and O–H groups in total. The molecule has 6 heteroatoms. The molecule has 4 rings (SSSR count). The summed E-state index contributed by atoms with van der Waals surface area (Å²) in [4.78, 5) is 23.3. The number of benzene rings is 1. The molecule has 2 aliphatic heterocycles. The lowest BCUT2D eigenvalue weighted by Crippen LogP contribution is -2.36. The quantitative estimate of drug-likeness (QED) is 0.902. The van der Waals surface area contributed by atoms with E-state index >= 15 is 0 Å². The first-order chi connectivity index (χ1) is 12.6. The van der Waals surface area contributed by atoms with Crippen LogP contribution in [0.4, 0.5) is 0 Å². The average Bonchev–Trinajstić information content (AvgIpc) is 3.06. The van der Waals surface area contributed by atoms with Gasteiger partial charge in [0.05, 0.1) is 17.5 Å². The van der Waals surface area contributed by atoms with Crippen molar-refractivity contribution in [2.45, 2.75) is 32.8 Å². The summed E-state index contributed by atoms with van der Waals surface area (Å²) in [6.45, 7) is 4.56. The van der Waals surface area contributed by atoms with Crippen molar-refractivity contribution in [3.8, 4) is 0 Å². The van der Waals surface area contributed by atoms with Crippen molar-refractivity contribution in [2.24, 2.45) is 4.99 Å². The maximum atomic E-state index is 12.6. The van der Waals surface area contributed by atoms with Gasteiger partial charge in [-0.1, -0.05) is 25.1 Å². The Bertz CT molecular complexity index is 924. The van der Waals surface area contributed by atoms with E-state index in [9.17, 15) is 9.90 Å². The smallest absolute Gasteiger partial charge is 0.248 e. The Morgan fingerprint density at radius 2 is 2.19 bits per heavy atom. The van der Waals surface area contributed by atoms with Crippen molar-refractivity contribution in [3.63, 3.8) is 0 Å². The highest BCUT2D eigenvalue weighted by atomic mass is 16.3. The second-order valence-electron chi connectivity index (χ2n) is 6.67. The number of amides is 1. The molecule has 0 fully saturated rings. The van der Waals surface area contributed by atoms with Gasteiger partial charge in [0.2, 0.25) is 5.91 Å².